The Morgan fingerprint density at radius 3 is 2.71 bits per heavy atom. The highest BCUT2D eigenvalue weighted by Gasteiger charge is 2.21. The van der Waals surface area contributed by atoms with Gasteiger partial charge in [0.05, 0.1) is 12.1 Å². The van der Waals surface area contributed by atoms with Crippen LogP contribution in [0.4, 0.5) is 0 Å². The van der Waals surface area contributed by atoms with Gasteiger partial charge in [0, 0.05) is 24.7 Å². The lowest BCUT2D eigenvalue weighted by molar-refractivity contribution is -0.131. The van der Waals surface area contributed by atoms with Gasteiger partial charge >= 0.3 is 0 Å². The van der Waals surface area contributed by atoms with Crippen LogP contribution in [0.2, 0.25) is 0 Å². The summed E-state index contributed by atoms with van der Waals surface area (Å²) in [6, 6.07) is 11.7. The molecule has 0 unspecified atom stereocenters. The zero-order chi connectivity index (χ0) is 14.7. The van der Waals surface area contributed by atoms with E-state index >= 15 is 0 Å². The number of hydrogen-bond acceptors (Lipinski definition) is 3. The molecule has 0 N–H and O–H groups in total. The molecule has 1 aliphatic rings. The van der Waals surface area contributed by atoms with Gasteiger partial charge in [-0.05, 0) is 18.8 Å². The van der Waals surface area contributed by atoms with Crippen molar-refractivity contribution in [2.24, 2.45) is 5.92 Å². The minimum Gasteiger partial charge on any atom is -0.356 e. The Hall–Kier alpha value is -2.10. The maximum Gasteiger partial charge on any atom is 0.228 e. The molecule has 110 valence electrons. The van der Waals surface area contributed by atoms with Gasteiger partial charge in [-0.3, -0.25) is 4.79 Å². The first-order valence-corrected chi connectivity index (χ1v) is 7.51. The first-order valence-electron chi connectivity index (χ1n) is 7.51. The normalized spacial score (nSPS) is 16.1. The van der Waals surface area contributed by atoms with Gasteiger partial charge in [0.2, 0.25) is 5.91 Å². The van der Waals surface area contributed by atoms with Crippen molar-refractivity contribution in [3.8, 4) is 11.3 Å². The first-order chi connectivity index (χ1) is 10.2. The lowest BCUT2D eigenvalue weighted by Gasteiger charge is -2.30. The van der Waals surface area contributed by atoms with Crippen LogP contribution in [0.1, 0.15) is 25.5 Å². The molecule has 21 heavy (non-hydrogen) atoms. The number of rotatable bonds is 3. The van der Waals surface area contributed by atoms with Crippen molar-refractivity contribution in [1.29, 1.82) is 0 Å². The fourth-order valence-corrected chi connectivity index (χ4v) is 2.66. The summed E-state index contributed by atoms with van der Waals surface area (Å²) in [4.78, 5) is 14.2. The third-order valence-corrected chi connectivity index (χ3v) is 4.09. The molecule has 0 aliphatic carbocycles. The van der Waals surface area contributed by atoms with E-state index in [0.717, 1.165) is 37.4 Å². The summed E-state index contributed by atoms with van der Waals surface area (Å²) in [6.07, 6.45) is 2.52. The van der Waals surface area contributed by atoms with E-state index in [2.05, 4.69) is 12.1 Å². The highest BCUT2D eigenvalue weighted by atomic mass is 16.5. The summed E-state index contributed by atoms with van der Waals surface area (Å²) < 4.78 is 5.34. The molecule has 3 rings (SSSR count). The quantitative estimate of drug-likeness (QED) is 0.870. The fraction of sp³-hybridized carbons (Fsp3) is 0.412. The number of likely N-dealkylation sites (tertiary alicyclic amines) is 1. The van der Waals surface area contributed by atoms with E-state index in [1.165, 1.54) is 0 Å². The molecule has 0 radical (unpaired) electrons. The standard InChI is InChI=1S/C17H20N2O2/c1-13-7-9-19(10-8-13)17(20)12-15-11-16(21-18-15)14-5-3-2-4-6-14/h2-6,11,13H,7-10,12H2,1H3. The smallest absolute Gasteiger partial charge is 0.228 e. The van der Waals surface area contributed by atoms with Crippen molar-refractivity contribution in [3.05, 3.63) is 42.1 Å². The second kappa shape index (κ2) is 6.12. The fourth-order valence-electron chi connectivity index (χ4n) is 2.66. The number of hydrogen-bond donors (Lipinski definition) is 0. The average molecular weight is 284 g/mol. The van der Waals surface area contributed by atoms with Crippen molar-refractivity contribution >= 4 is 5.91 Å². The lowest BCUT2D eigenvalue weighted by atomic mass is 9.99. The molecule has 0 spiro atoms. The number of nitrogens with zero attached hydrogens (tertiary/aromatic N) is 2. The zero-order valence-electron chi connectivity index (χ0n) is 12.3. The Morgan fingerprint density at radius 1 is 1.29 bits per heavy atom. The van der Waals surface area contributed by atoms with Gasteiger partial charge in [0.15, 0.2) is 5.76 Å². The largest absolute Gasteiger partial charge is 0.356 e. The number of piperidine rings is 1. The summed E-state index contributed by atoms with van der Waals surface area (Å²) in [7, 11) is 0. The monoisotopic (exact) mass is 284 g/mol. The Balaban J connectivity index is 1.63. The van der Waals surface area contributed by atoms with E-state index in [1.807, 2.05) is 41.3 Å². The number of carbonyl (C=O) groups excluding carboxylic acids is 1. The first kappa shape index (κ1) is 13.9. The third-order valence-electron chi connectivity index (χ3n) is 4.09. The van der Waals surface area contributed by atoms with Crippen LogP contribution < -0.4 is 0 Å². The molecule has 1 aromatic carbocycles. The predicted molar refractivity (Wildman–Crippen MR) is 80.6 cm³/mol. The van der Waals surface area contributed by atoms with Gasteiger partial charge in [-0.1, -0.05) is 42.4 Å². The molecule has 4 heteroatoms. The van der Waals surface area contributed by atoms with Gasteiger partial charge in [-0.2, -0.15) is 0 Å². The number of amides is 1. The average Bonchev–Trinajstić information content (AvgIpc) is 2.97. The molecular weight excluding hydrogens is 264 g/mol. The molecular formula is C17H20N2O2. The van der Waals surface area contributed by atoms with Crippen LogP contribution in [-0.2, 0) is 11.2 Å². The van der Waals surface area contributed by atoms with Gasteiger partial charge < -0.3 is 9.42 Å². The van der Waals surface area contributed by atoms with Crippen LogP contribution in [0, 0.1) is 5.92 Å². The topological polar surface area (TPSA) is 46.3 Å². The Morgan fingerprint density at radius 2 is 2.00 bits per heavy atom. The minimum absolute atomic E-state index is 0.148. The molecule has 0 bridgehead atoms. The van der Waals surface area contributed by atoms with Gasteiger partial charge in [0.1, 0.15) is 0 Å². The number of aromatic nitrogens is 1. The minimum atomic E-state index is 0.148. The molecule has 1 fully saturated rings. The summed E-state index contributed by atoms with van der Waals surface area (Å²) in [5.41, 5.74) is 1.69. The van der Waals surface area contributed by atoms with E-state index < -0.39 is 0 Å². The Labute approximate surface area is 124 Å². The molecule has 2 heterocycles. The summed E-state index contributed by atoms with van der Waals surface area (Å²) in [6.45, 7) is 3.97. The summed E-state index contributed by atoms with van der Waals surface area (Å²) >= 11 is 0. The molecule has 2 aromatic rings. The number of benzene rings is 1. The van der Waals surface area contributed by atoms with Crippen LogP contribution >= 0.6 is 0 Å². The lowest BCUT2D eigenvalue weighted by Crippen LogP contribution is -2.38. The zero-order valence-corrected chi connectivity index (χ0v) is 12.3. The SMILES string of the molecule is CC1CCN(C(=O)Cc2cc(-c3ccccc3)on2)CC1. The summed E-state index contributed by atoms with van der Waals surface area (Å²) in [5.74, 6) is 1.59. The maximum atomic E-state index is 12.3. The van der Waals surface area contributed by atoms with Crippen LogP contribution in [0.15, 0.2) is 40.9 Å². The van der Waals surface area contributed by atoms with Crippen molar-refractivity contribution in [3.63, 3.8) is 0 Å². The van der Waals surface area contributed by atoms with Crippen LogP contribution in [0.5, 0.6) is 0 Å². The molecule has 0 atom stereocenters. The van der Waals surface area contributed by atoms with Crippen molar-refractivity contribution < 1.29 is 9.32 Å². The Kier molecular flexibility index (Phi) is 4.04. The predicted octanol–water partition coefficient (Wildman–Crippen LogP) is 3.14. The second-order valence-corrected chi connectivity index (χ2v) is 5.79. The highest BCUT2D eigenvalue weighted by Crippen LogP contribution is 2.21. The maximum absolute atomic E-state index is 12.3. The molecule has 1 saturated heterocycles. The van der Waals surface area contributed by atoms with Gasteiger partial charge in [-0.15, -0.1) is 0 Å². The molecule has 4 nitrogen and oxygen atoms in total. The van der Waals surface area contributed by atoms with Crippen molar-refractivity contribution in [2.45, 2.75) is 26.2 Å². The molecule has 1 aliphatic heterocycles. The van der Waals surface area contributed by atoms with Crippen LogP contribution in [-0.4, -0.2) is 29.1 Å². The van der Waals surface area contributed by atoms with Crippen LogP contribution in [0.25, 0.3) is 11.3 Å². The van der Waals surface area contributed by atoms with Gasteiger partial charge in [0.25, 0.3) is 0 Å². The van der Waals surface area contributed by atoms with Crippen LogP contribution in [0.3, 0.4) is 0 Å². The summed E-state index contributed by atoms with van der Waals surface area (Å²) in [5, 5.41) is 4.02. The highest BCUT2D eigenvalue weighted by molar-refractivity contribution is 5.78. The van der Waals surface area contributed by atoms with E-state index in [0.29, 0.717) is 17.9 Å². The second-order valence-electron chi connectivity index (χ2n) is 5.79. The Bertz CT molecular complexity index is 598. The van der Waals surface area contributed by atoms with E-state index in [9.17, 15) is 4.79 Å². The third kappa shape index (κ3) is 3.32. The van der Waals surface area contributed by atoms with E-state index in [-0.39, 0.29) is 5.91 Å². The molecule has 1 aromatic heterocycles. The van der Waals surface area contributed by atoms with E-state index in [1.54, 1.807) is 0 Å². The van der Waals surface area contributed by atoms with Crippen molar-refractivity contribution in [1.82, 2.24) is 10.1 Å². The molecule has 0 saturated carbocycles. The number of carbonyl (C=O) groups is 1. The van der Waals surface area contributed by atoms with Gasteiger partial charge in [-0.25, -0.2) is 0 Å². The van der Waals surface area contributed by atoms with E-state index in [4.69, 9.17) is 4.52 Å². The molecule has 1 amide bonds. The van der Waals surface area contributed by atoms with Crippen molar-refractivity contribution in [2.75, 3.05) is 13.1 Å².